The van der Waals surface area contributed by atoms with Crippen molar-refractivity contribution in [3.63, 3.8) is 0 Å². The fourth-order valence-corrected chi connectivity index (χ4v) is 6.47. The monoisotopic (exact) mass is 604 g/mol. The number of anilines is 1. The summed E-state index contributed by atoms with van der Waals surface area (Å²) in [5, 5.41) is 10.7. The van der Waals surface area contributed by atoms with E-state index >= 15 is 0 Å². The molecule has 1 aromatic rings. The van der Waals surface area contributed by atoms with Crippen molar-refractivity contribution < 1.29 is 32.8 Å². The van der Waals surface area contributed by atoms with Gasteiger partial charge < -0.3 is 31.9 Å². The number of primary amides is 1. The van der Waals surface area contributed by atoms with Gasteiger partial charge in [-0.2, -0.15) is 0 Å². The van der Waals surface area contributed by atoms with Gasteiger partial charge in [0.05, 0.1) is 0 Å². The van der Waals surface area contributed by atoms with E-state index in [9.17, 15) is 32.8 Å². The fourth-order valence-electron chi connectivity index (χ4n) is 6.47. The van der Waals surface area contributed by atoms with Gasteiger partial charge in [0.1, 0.15) is 41.5 Å². The Hall–Kier alpha value is -3.77. The lowest BCUT2D eigenvalue weighted by molar-refractivity contribution is -0.146. The molecule has 0 bridgehead atoms. The second-order valence-corrected chi connectivity index (χ2v) is 13.6. The van der Waals surface area contributed by atoms with Crippen LogP contribution in [0.4, 0.5) is 14.5 Å². The smallest absolute Gasteiger partial charge is 0.246 e. The van der Waals surface area contributed by atoms with Gasteiger partial charge in [0.15, 0.2) is 0 Å². The van der Waals surface area contributed by atoms with Crippen LogP contribution in [0.1, 0.15) is 54.4 Å². The van der Waals surface area contributed by atoms with Crippen molar-refractivity contribution in [1.82, 2.24) is 20.9 Å². The highest BCUT2D eigenvalue weighted by atomic mass is 19.1. The normalized spacial score (nSPS) is 26.0. The zero-order valence-corrected chi connectivity index (χ0v) is 25.4. The highest BCUT2D eigenvalue weighted by Crippen LogP contribution is 2.65. The number of nitrogens with one attached hydrogen (secondary N) is 4. The van der Waals surface area contributed by atoms with E-state index in [0.717, 1.165) is 12.1 Å². The number of fused-ring (bicyclic) bond motifs is 1. The molecule has 13 heteroatoms. The van der Waals surface area contributed by atoms with E-state index in [1.807, 2.05) is 13.8 Å². The Morgan fingerprint density at radius 2 is 1.77 bits per heavy atom. The van der Waals surface area contributed by atoms with Gasteiger partial charge in [0.2, 0.25) is 29.5 Å². The number of likely N-dealkylation sites (tertiary alicyclic amines) is 1. The molecule has 0 spiro atoms. The van der Waals surface area contributed by atoms with E-state index in [2.05, 4.69) is 21.3 Å². The largest absolute Gasteiger partial charge is 0.369 e. The molecule has 0 aromatic heterocycles. The second kappa shape index (κ2) is 11.7. The van der Waals surface area contributed by atoms with Gasteiger partial charge in [-0.25, -0.2) is 8.78 Å². The molecule has 5 amide bonds. The lowest BCUT2D eigenvalue weighted by Crippen LogP contribution is -2.61. The first-order chi connectivity index (χ1) is 19.9. The highest BCUT2D eigenvalue weighted by molar-refractivity contribution is 5.96. The molecule has 2 saturated heterocycles. The maximum Gasteiger partial charge on any atom is 0.246 e. The van der Waals surface area contributed by atoms with E-state index in [1.165, 1.54) is 17.9 Å². The van der Waals surface area contributed by atoms with Crippen LogP contribution in [-0.2, 0) is 24.0 Å². The Morgan fingerprint density at radius 3 is 2.30 bits per heavy atom. The highest BCUT2D eigenvalue weighted by Gasteiger charge is 2.70. The van der Waals surface area contributed by atoms with Crippen LogP contribution in [0.3, 0.4) is 0 Å². The molecule has 3 fully saturated rings. The van der Waals surface area contributed by atoms with Crippen molar-refractivity contribution >= 4 is 35.2 Å². The number of nitrogens with zero attached hydrogens (tertiary/aromatic N) is 1. The molecular formula is C30H42F2N6O5. The predicted molar refractivity (Wildman–Crippen MR) is 154 cm³/mol. The summed E-state index contributed by atoms with van der Waals surface area (Å²) in [6, 6.07) is -0.861. The van der Waals surface area contributed by atoms with Crippen molar-refractivity contribution in [3.8, 4) is 0 Å². The summed E-state index contributed by atoms with van der Waals surface area (Å²) >= 11 is 0. The first-order valence-electron chi connectivity index (χ1n) is 14.6. The molecule has 236 valence electrons. The van der Waals surface area contributed by atoms with E-state index in [0.29, 0.717) is 13.0 Å². The minimum absolute atomic E-state index is 0.0285. The van der Waals surface area contributed by atoms with Crippen molar-refractivity contribution in [1.29, 1.82) is 0 Å². The standard InChI is InChI=1S/C30H42F2N6O5/c1-14(35-21-17(31)8-7-9-18(21)32)25(40)37-23(29(2,3)4)28(43)38-13-16-20(30(16,5)6)22(38)27(42)36-19(24(33)39)12-15-10-11-34-26(15)41/h7-9,14-16,19-20,22-23,35H,10-13H2,1-6H3,(H2,33,39)(H,34,41)(H,36,42)(H,37,40)/t14-,15-,16-,19-,20-,22-,23+/m0/s1. The van der Waals surface area contributed by atoms with Gasteiger partial charge in [-0.3, -0.25) is 24.0 Å². The number of benzene rings is 1. The number of amides is 5. The number of piperidine rings is 1. The predicted octanol–water partition coefficient (Wildman–Crippen LogP) is 1.28. The second-order valence-electron chi connectivity index (χ2n) is 13.6. The van der Waals surface area contributed by atoms with Crippen molar-refractivity contribution in [3.05, 3.63) is 29.8 Å². The molecule has 3 aliphatic rings. The minimum Gasteiger partial charge on any atom is -0.369 e. The van der Waals surface area contributed by atoms with Crippen LogP contribution < -0.4 is 27.0 Å². The first kappa shape index (κ1) is 32.2. The molecule has 1 aromatic carbocycles. The number of hydrogen-bond donors (Lipinski definition) is 5. The Kier molecular flexibility index (Phi) is 8.77. The van der Waals surface area contributed by atoms with Gasteiger partial charge in [-0.05, 0) is 54.6 Å². The number of rotatable bonds is 10. The number of hydrogen-bond acceptors (Lipinski definition) is 6. The van der Waals surface area contributed by atoms with Crippen LogP contribution in [0.25, 0.3) is 0 Å². The van der Waals surface area contributed by atoms with Crippen molar-refractivity contribution in [2.45, 2.75) is 78.6 Å². The third-order valence-corrected chi connectivity index (χ3v) is 9.22. The zero-order chi connectivity index (χ0) is 32.0. The Balaban J connectivity index is 1.52. The molecule has 1 saturated carbocycles. The van der Waals surface area contributed by atoms with Gasteiger partial charge in [0.25, 0.3) is 0 Å². The van der Waals surface area contributed by atoms with Crippen molar-refractivity contribution in [2.24, 2.45) is 34.3 Å². The van der Waals surface area contributed by atoms with Crippen LogP contribution in [0.2, 0.25) is 0 Å². The van der Waals surface area contributed by atoms with Crippen LogP contribution >= 0.6 is 0 Å². The number of para-hydroxylation sites is 1. The molecule has 0 unspecified atom stereocenters. The minimum atomic E-state index is -1.10. The molecule has 11 nitrogen and oxygen atoms in total. The lowest BCUT2D eigenvalue weighted by Gasteiger charge is -2.38. The third kappa shape index (κ3) is 6.45. The number of carbonyl (C=O) groups excluding carboxylic acids is 5. The van der Waals surface area contributed by atoms with Crippen LogP contribution in [0, 0.1) is 40.2 Å². The van der Waals surface area contributed by atoms with Crippen molar-refractivity contribution in [2.75, 3.05) is 18.4 Å². The zero-order valence-electron chi connectivity index (χ0n) is 25.4. The maximum atomic E-state index is 14.2. The van der Waals surface area contributed by atoms with Gasteiger partial charge in [0, 0.05) is 19.0 Å². The molecule has 7 atom stereocenters. The summed E-state index contributed by atoms with van der Waals surface area (Å²) in [7, 11) is 0. The van der Waals surface area contributed by atoms with Crippen LogP contribution in [0.5, 0.6) is 0 Å². The number of halogens is 2. The number of nitrogens with two attached hydrogens (primary N) is 1. The van der Waals surface area contributed by atoms with E-state index in [1.54, 1.807) is 20.8 Å². The molecule has 6 N–H and O–H groups in total. The summed E-state index contributed by atoms with van der Waals surface area (Å²) in [5.41, 5.74) is 4.11. The Labute approximate surface area is 250 Å². The van der Waals surface area contributed by atoms with E-state index in [-0.39, 0.29) is 36.1 Å². The average Bonchev–Trinajstić information content (AvgIpc) is 3.25. The summed E-state index contributed by atoms with van der Waals surface area (Å²) in [6.07, 6.45) is 0.577. The van der Waals surface area contributed by atoms with Gasteiger partial charge in [-0.1, -0.05) is 40.7 Å². The molecule has 2 aliphatic heterocycles. The molecule has 4 rings (SSSR count). The quantitative estimate of drug-likeness (QED) is 0.270. The molecule has 1 aliphatic carbocycles. The lowest BCUT2D eigenvalue weighted by atomic mass is 9.85. The Bertz CT molecular complexity index is 1290. The van der Waals surface area contributed by atoms with Gasteiger partial charge in [-0.15, -0.1) is 0 Å². The topological polar surface area (TPSA) is 163 Å². The Morgan fingerprint density at radius 1 is 1.14 bits per heavy atom. The third-order valence-electron chi connectivity index (χ3n) is 9.22. The molecule has 43 heavy (non-hydrogen) atoms. The SMILES string of the molecule is C[C@H](Nc1c(F)cccc1F)C(=O)N[C@H](C(=O)N1C[C@H]2[C@@H]([C@H]1C(=O)N[C@@H](C[C@@H]1CCNC1=O)C(N)=O)C2(C)C)C(C)(C)C. The molecule has 2 heterocycles. The summed E-state index contributed by atoms with van der Waals surface area (Å²) in [6.45, 7) is 11.5. The summed E-state index contributed by atoms with van der Waals surface area (Å²) < 4.78 is 28.3. The van der Waals surface area contributed by atoms with E-state index < -0.39 is 76.5 Å². The molecular weight excluding hydrogens is 562 g/mol. The average molecular weight is 605 g/mol. The van der Waals surface area contributed by atoms with Crippen LogP contribution in [0.15, 0.2) is 18.2 Å². The van der Waals surface area contributed by atoms with Crippen LogP contribution in [-0.4, -0.2) is 71.7 Å². The summed E-state index contributed by atoms with van der Waals surface area (Å²) in [4.78, 5) is 66.8. The number of carbonyl (C=O) groups is 5. The maximum absolute atomic E-state index is 14.2. The van der Waals surface area contributed by atoms with E-state index in [4.69, 9.17) is 5.73 Å². The van der Waals surface area contributed by atoms with Gasteiger partial charge >= 0.3 is 0 Å². The fraction of sp³-hybridized carbons (Fsp3) is 0.633. The summed E-state index contributed by atoms with van der Waals surface area (Å²) in [5.74, 6) is -5.01. The first-order valence-corrected chi connectivity index (χ1v) is 14.6. The molecule has 0 radical (unpaired) electrons.